The van der Waals surface area contributed by atoms with Gasteiger partial charge in [0.05, 0.1) is 35.0 Å². The van der Waals surface area contributed by atoms with Gasteiger partial charge in [-0.25, -0.2) is 4.99 Å². The minimum Gasteiger partial charge on any atom is -0.491 e. The summed E-state index contributed by atoms with van der Waals surface area (Å²) < 4.78 is 11.1. The van der Waals surface area contributed by atoms with Crippen LogP contribution in [0.25, 0.3) is 6.08 Å². The molecule has 0 N–H and O–H groups in total. The number of aliphatic imine (C=N–C) groups is 1. The summed E-state index contributed by atoms with van der Waals surface area (Å²) in [6.45, 7) is 6.15. The van der Waals surface area contributed by atoms with Gasteiger partial charge < -0.3 is 9.47 Å². The molecule has 0 atom stereocenters. The number of aryl methyl sites for hydroxylation is 2. The fourth-order valence-corrected chi connectivity index (χ4v) is 5.19. The lowest BCUT2D eigenvalue weighted by molar-refractivity contribution is -0.113. The molecule has 36 heavy (non-hydrogen) atoms. The molecule has 1 amide bonds. The normalized spacial score (nSPS) is 15.8. The Morgan fingerprint density at radius 1 is 0.972 bits per heavy atom. The summed E-state index contributed by atoms with van der Waals surface area (Å²) in [7, 11) is 1.53. The zero-order chi connectivity index (χ0) is 26.0. The number of amides is 1. The van der Waals surface area contributed by atoms with Crippen LogP contribution in [0.3, 0.4) is 0 Å². The van der Waals surface area contributed by atoms with Gasteiger partial charge in [-0.3, -0.25) is 9.69 Å². The van der Waals surface area contributed by atoms with Crippen LogP contribution < -0.4 is 14.4 Å². The van der Waals surface area contributed by atoms with Crippen molar-refractivity contribution in [3.05, 3.63) is 85.2 Å². The lowest BCUT2D eigenvalue weighted by Gasteiger charge is -2.16. The van der Waals surface area contributed by atoms with Crippen LogP contribution in [0.15, 0.2) is 58.4 Å². The van der Waals surface area contributed by atoms with Gasteiger partial charge >= 0.3 is 0 Å². The molecule has 0 unspecified atom stereocenters. The molecule has 1 heterocycles. The molecule has 186 valence electrons. The molecule has 1 saturated heterocycles. The van der Waals surface area contributed by atoms with Crippen molar-refractivity contribution in [2.24, 2.45) is 4.99 Å². The molecule has 1 aliphatic heterocycles. The predicted octanol–water partition coefficient (Wildman–Crippen LogP) is 8.48. The van der Waals surface area contributed by atoms with Crippen LogP contribution in [0.2, 0.25) is 15.1 Å². The first-order valence-electron chi connectivity index (χ1n) is 11.1. The molecule has 5 nitrogen and oxygen atoms in total. The number of hydrogen-bond acceptors (Lipinski definition) is 5. The lowest BCUT2D eigenvalue weighted by Crippen LogP contribution is -2.28. The van der Waals surface area contributed by atoms with Gasteiger partial charge in [-0.1, -0.05) is 46.9 Å². The standard InChI is InChI=1S/C27H23Cl3N2O3S/c1-5-35-23-11-17(10-22(30)25(23)34-4)12-24-26(33)32(19-9-7-16(3)21(29)14-19)27(36-24)31-18-8-6-15(2)20(28)13-18/h6-14H,5H2,1-4H3/b24-12+,31-27?. The Hall–Kier alpha value is -2.64. The second kappa shape index (κ2) is 11.2. The zero-order valence-corrected chi connectivity index (χ0v) is 23.1. The molecule has 1 fully saturated rings. The van der Waals surface area contributed by atoms with E-state index in [9.17, 15) is 4.79 Å². The summed E-state index contributed by atoms with van der Waals surface area (Å²) in [6, 6.07) is 14.5. The van der Waals surface area contributed by atoms with Gasteiger partial charge in [-0.05, 0) is 91.7 Å². The van der Waals surface area contributed by atoms with E-state index in [1.54, 1.807) is 35.2 Å². The Morgan fingerprint density at radius 2 is 1.67 bits per heavy atom. The van der Waals surface area contributed by atoms with Crippen LogP contribution in [-0.2, 0) is 4.79 Å². The third-order valence-electron chi connectivity index (χ3n) is 5.43. The van der Waals surface area contributed by atoms with E-state index >= 15 is 0 Å². The second-order valence-electron chi connectivity index (χ2n) is 7.98. The van der Waals surface area contributed by atoms with E-state index in [0.717, 1.165) is 11.1 Å². The summed E-state index contributed by atoms with van der Waals surface area (Å²) in [6.07, 6.45) is 1.76. The van der Waals surface area contributed by atoms with E-state index < -0.39 is 0 Å². The molecule has 4 rings (SSSR count). The Morgan fingerprint density at radius 3 is 2.31 bits per heavy atom. The molecule has 0 bridgehead atoms. The average molecular weight is 562 g/mol. The number of methoxy groups -OCH3 is 1. The van der Waals surface area contributed by atoms with Crippen molar-refractivity contribution in [1.29, 1.82) is 0 Å². The van der Waals surface area contributed by atoms with Crippen LogP contribution in [0.4, 0.5) is 11.4 Å². The largest absolute Gasteiger partial charge is 0.491 e. The van der Waals surface area contributed by atoms with E-state index in [4.69, 9.17) is 49.3 Å². The third-order valence-corrected chi connectivity index (χ3v) is 7.50. The molecule has 1 aliphatic rings. The molecular formula is C27H23Cl3N2O3S. The van der Waals surface area contributed by atoms with Crippen LogP contribution >= 0.6 is 46.6 Å². The number of carbonyl (C=O) groups excluding carboxylic acids is 1. The molecule has 3 aromatic rings. The van der Waals surface area contributed by atoms with Crippen LogP contribution in [0.5, 0.6) is 11.5 Å². The first-order valence-corrected chi connectivity index (χ1v) is 13.0. The molecule has 0 saturated carbocycles. The Labute approximate surface area is 229 Å². The van der Waals surface area contributed by atoms with Crippen molar-refractivity contribution in [3.63, 3.8) is 0 Å². The Balaban J connectivity index is 1.81. The molecule has 0 aromatic heterocycles. The first kappa shape index (κ1) is 26.4. The van der Waals surface area contributed by atoms with Crippen molar-refractivity contribution >= 4 is 75.1 Å². The van der Waals surface area contributed by atoms with Crippen molar-refractivity contribution in [1.82, 2.24) is 0 Å². The molecule has 0 radical (unpaired) electrons. The predicted molar refractivity (Wildman–Crippen MR) is 152 cm³/mol. The number of amidine groups is 1. The van der Waals surface area contributed by atoms with Gasteiger partial charge in [0, 0.05) is 10.0 Å². The number of halogens is 3. The van der Waals surface area contributed by atoms with Crippen molar-refractivity contribution in [2.45, 2.75) is 20.8 Å². The number of carbonyl (C=O) groups is 1. The summed E-state index contributed by atoms with van der Waals surface area (Å²) >= 11 is 20.4. The van der Waals surface area contributed by atoms with Gasteiger partial charge in [0.15, 0.2) is 16.7 Å². The van der Waals surface area contributed by atoms with E-state index in [2.05, 4.69) is 0 Å². The quantitative estimate of drug-likeness (QED) is 0.283. The number of rotatable bonds is 6. The van der Waals surface area contributed by atoms with E-state index in [1.807, 2.05) is 45.0 Å². The smallest absolute Gasteiger partial charge is 0.271 e. The zero-order valence-electron chi connectivity index (χ0n) is 20.1. The monoisotopic (exact) mass is 560 g/mol. The summed E-state index contributed by atoms with van der Waals surface area (Å²) in [5, 5.41) is 2.03. The van der Waals surface area contributed by atoms with E-state index in [-0.39, 0.29) is 5.91 Å². The first-order chi connectivity index (χ1) is 17.2. The minimum absolute atomic E-state index is 0.234. The number of benzene rings is 3. The average Bonchev–Trinajstić information content (AvgIpc) is 3.12. The maximum Gasteiger partial charge on any atom is 0.271 e. The number of thioether (sulfide) groups is 1. The highest BCUT2D eigenvalue weighted by Gasteiger charge is 2.35. The molecular weight excluding hydrogens is 539 g/mol. The highest BCUT2D eigenvalue weighted by Crippen LogP contribution is 2.41. The number of anilines is 1. The second-order valence-corrected chi connectivity index (χ2v) is 10.2. The van der Waals surface area contributed by atoms with Crippen LogP contribution in [0, 0.1) is 13.8 Å². The fourth-order valence-electron chi connectivity index (χ4n) is 3.54. The topological polar surface area (TPSA) is 51.1 Å². The molecule has 9 heteroatoms. The van der Waals surface area contributed by atoms with Crippen LogP contribution in [0.1, 0.15) is 23.6 Å². The van der Waals surface area contributed by atoms with Gasteiger partial charge in [-0.2, -0.15) is 0 Å². The number of nitrogens with zero attached hydrogens (tertiary/aromatic N) is 2. The Kier molecular flexibility index (Phi) is 8.20. The number of hydrogen-bond donors (Lipinski definition) is 0. The summed E-state index contributed by atoms with van der Waals surface area (Å²) in [4.78, 5) is 20.4. The maximum absolute atomic E-state index is 13.6. The van der Waals surface area contributed by atoms with Crippen molar-refractivity contribution in [3.8, 4) is 11.5 Å². The third kappa shape index (κ3) is 5.52. The van der Waals surface area contributed by atoms with Gasteiger partial charge in [0.25, 0.3) is 5.91 Å². The van der Waals surface area contributed by atoms with Gasteiger partial charge in [0.2, 0.25) is 0 Å². The maximum atomic E-state index is 13.6. The summed E-state index contributed by atoms with van der Waals surface area (Å²) in [5.41, 5.74) is 3.81. The lowest BCUT2D eigenvalue weighted by atomic mass is 10.1. The SMILES string of the molecule is CCOc1cc(/C=C2/SC(=Nc3ccc(C)c(Cl)c3)N(c3ccc(C)c(Cl)c3)C2=O)cc(Cl)c1OC. The molecule has 0 spiro atoms. The fraction of sp³-hybridized carbons (Fsp3) is 0.185. The van der Waals surface area contributed by atoms with Crippen LogP contribution in [-0.4, -0.2) is 24.8 Å². The summed E-state index contributed by atoms with van der Waals surface area (Å²) in [5.74, 6) is 0.711. The molecule has 3 aromatic carbocycles. The van der Waals surface area contributed by atoms with Gasteiger partial charge in [-0.15, -0.1) is 0 Å². The Bertz CT molecular complexity index is 1410. The highest BCUT2D eigenvalue weighted by atomic mass is 35.5. The van der Waals surface area contributed by atoms with E-state index in [0.29, 0.717) is 60.2 Å². The van der Waals surface area contributed by atoms with Crippen molar-refractivity contribution in [2.75, 3.05) is 18.6 Å². The molecule has 0 aliphatic carbocycles. The van der Waals surface area contributed by atoms with Gasteiger partial charge in [0.1, 0.15) is 0 Å². The number of ether oxygens (including phenoxy) is 2. The van der Waals surface area contributed by atoms with Crippen molar-refractivity contribution < 1.29 is 14.3 Å². The van der Waals surface area contributed by atoms with E-state index in [1.165, 1.54) is 18.9 Å². The minimum atomic E-state index is -0.234. The highest BCUT2D eigenvalue weighted by molar-refractivity contribution is 8.19.